The minimum absolute atomic E-state index is 0.421. The average Bonchev–Trinajstić information content (AvgIpc) is 2.33. The molecule has 0 aromatic carbocycles. The van der Waals surface area contributed by atoms with Gasteiger partial charge in [0.25, 0.3) is 0 Å². The van der Waals surface area contributed by atoms with Crippen molar-refractivity contribution in [3.63, 3.8) is 0 Å². The van der Waals surface area contributed by atoms with Crippen LogP contribution in [-0.2, 0) is 6.42 Å². The molecule has 0 bridgehead atoms. The average molecular weight is 317 g/mol. The Kier molecular flexibility index (Phi) is 4.48. The molecule has 0 saturated heterocycles. The van der Waals surface area contributed by atoms with E-state index in [1.165, 1.54) is 37.7 Å². The summed E-state index contributed by atoms with van der Waals surface area (Å²) in [6.07, 6.45) is 11.3. The summed E-state index contributed by atoms with van der Waals surface area (Å²) in [6, 6.07) is 2.03. The predicted octanol–water partition coefficient (Wildman–Crippen LogP) is 5.01. The highest BCUT2D eigenvalue weighted by Gasteiger charge is 2.33. The van der Waals surface area contributed by atoms with Gasteiger partial charge >= 0.3 is 0 Å². The number of pyridine rings is 1. The van der Waals surface area contributed by atoms with Gasteiger partial charge in [0.1, 0.15) is 0 Å². The Bertz CT molecular complexity index is 374. The molecule has 1 aromatic rings. The number of alkyl halides is 1. The number of halogens is 2. The normalized spacial score (nSPS) is 21.1. The zero-order valence-corrected chi connectivity index (χ0v) is 12.6. The monoisotopic (exact) mass is 315 g/mol. The largest absolute Gasteiger partial charge is 0.263 e. The van der Waals surface area contributed by atoms with Gasteiger partial charge in [-0.3, -0.25) is 4.98 Å². The highest BCUT2D eigenvalue weighted by Crippen LogP contribution is 2.43. The third-order valence-electron chi connectivity index (χ3n) is 4.01. The van der Waals surface area contributed by atoms with Gasteiger partial charge < -0.3 is 0 Å². The molecule has 94 valence electrons. The number of nitrogens with zero attached hydrogens (tertiary/aromatic N) is 1. The van der Waals surface area contributed by atoms with E-state index in [9.17, 15) is 0 Å². The molecular weight excluding hydrogens is 298 g/mol. The van der Waals surface area contributed by atoms with Crippen LogP contribution in [0, 0.1) is 5.41 Å². The molecule has 1 aromatic heterocycles. The molecule has 2 rings (SSSR count). The van der Waals surface area contributed by atoms with Gasteiger partial charge in [0, 0.05) is 17.2 Å². The van der Waals surface area contributed by atoms with Crippen molar-refractivity contribution in [1.29, 1.82) is 0 Å². The minimum atomic E-state index is 0.421. The van der Waals surface area contributed by atoms with E-state index in [2.05, 4.69) is 27.8 Å². The maximum Gasteiger partial charge on any atom is 0.0621 e. The fourth-order valence-electron chi connectivity index (χ4n) is 2.68. The van der Waals surface area contributed by atoms with Crippen LogP contribution in [0.3, 0.4) is 0 Å². The van der Waals surface area contributed by atoms with E-state index in [1.807, 2.05) is 12.3 Å². The first kappa shape index (κ1) is 13.4. The second-order valence-electron chi connectivity index (χ2n) is 5.35. The third kappa shape index (κ3) is 3.23. The lowest BCUT2D eigenvalue weighted by Crippen LogP contribution is -2.31. The Morgan fingerprint density at radius 3 is 2.76 bits per heavy atom. The van der Waals surface area contributed by atoms with E-state index in [-0.39, 0.29) is 0 Å². The summed E-state index contributed by atoms with van der Waals surface area (Å²) in [4.78, 5) is 4.54. The summed E-state index contributed by atoms with van der Waals surface area (Å²) in [5, 5.41) is 0.788. The lowest BCUT2D eigenvalue weighted by Gasteiger charge is -2.38. The molecule has 0 amide bonds. The molecular formula is C14H19BrClN. The number of rotatable bonds is 3. The van der Waals surface area contributed by atoms with Gasteiger partial charge in [-0.1, -0.05) is 53.7 Å². The van der Waals surface area contributed by atoms with Crippen LogP contribution < -0.4 is 0 Å². The van der Waals surface area contributed by atoms with Gasteiger partial charge in [0.05, 0.1) is 5.02 Å². The van der Waals surface area contributed by atoms with Gasteiger partial charge in [-0.15, -0.1) is 0 Å². The Morgan fingerprint density at radius 1 is 1.41 bits per heavy atom. The SMILES string of the molecule is CC1(C(Br)Cc2ccncc2Cl)CCCCC1. The third-order valence-corrected chi connectivity index (χ3v) is 5.78. The molecule has 1 fully saturated rings. The number of hydrogen-bond donors (Lipinski definition) is 0. The maximum atomic E-state index is 6.17. The molecule has 1 unspecified atom stereocenters. The Labute approximate surface area is 117 Å². The van der Waals surface area contributed by atoms with Crippen molar-refractivity contribution >= 4 is 27.5 Å². The lowest BCUT2D eigenvalue weighted by molar-refractivity contribution is 0.211. The molecule has 1 aliphatic carbocycles. The first-order valence-corrected chi connectivity index (χ1v) is 7.64. The van der Waals surface area contributed by atoms with Crippen molar-refractivity contribution in [1.82, 2.24) is 4.98 Å². The highest BCUT2D eigenvalue weighted by molar-refractivity contribution is 9.09. The van der Waals surface area contributed by atoms with Crippen molar-refractivity contribution in [2.24, 2.45) is 5.41 Å². The van der Waals surface area contributed by atoms with Crippen molar-refractivity contribution in [3.05, 3.63) is 29.0 Å². The van der Waals surface area contributed by atoms with E-state index in [0.717, 1.165) is 11.4 Å². The second-order valence-corrected chi connectivity index (χ2v) is 6.87. The lowest BCUT2D eigenvalue weighted by atomic mass is 9.72. The topological polar surface area (TPSA) is 12.9 Å². The molecule has 17 heavy (non-hydrogen) atoms. The molecule has 0 aliphatic heterocycles. The van der Waals surface area contributed by atoms with Crippen LogP contribution in [-0.4, -0.2) is 9.81 Å². The van der Waals surface area contributed by atoms with E-state index in [4.69, 9.17) is 11.6 Å². The minimum Gasteiger partial charge on any atom is -0.263 e. The Balaban J connectivity index is 2.05. The molecule has 3 heteroatoms. The molecule has 1 saturated carbocycles. The van der Waals surface area contributed by atoms with Crippen molar-refractivity contribution < 1.29 is 0 Å². The van der Waals surface area contributed by atoms with Gasteiger partial charge in [0.2, 0.25) is 0 Å². The summed E-state index contributed by atoms with van der Waals surface area (Å²) in [6.45, 7) is 2.40. The summed E-state index contributed by atoms with van der Waals surface area (Å²) < 4.78 is 0. The van der Waals surface area contributed by atoms with Gasteiger partial charge in [-0.05, 0) is 36.3 Å². The zero-order valence-electron chi connectivity index (χ0n) is 10.3. The Hall–Kier alpha value is -0.0800. The van der Waals surface area contributed by atoms with Crippen LogP contribution in [0.4, 0.5) is 0 Å². The van der Waals surface area contributed by atoms with Crippen molar-refractivity contribution in [2.45, 2.75) is 50.3 Å². The molecule has 0 spiro atoms. The van der Waals surface area contributed by atoms with Gasteiger partial charge in [0.15, 0.2) is 0 Å². The van der Waals surface area contributed by atoms with E-state index in [1.54, 1.807) is 6.20 Å². The maximum absolute atomic E-state index is 6.17. The van der Waals surface area contributed by atoms with Crippen molar-refractivity contribution in [3.8, 4) is 0 Å². The van der Waals surface area contributed by atoms with Crippen LogP contribution in [0.25, 0.3) is 0 Å². The summed E-state index contributed by atoms with van der Waals surface area (Å²) in [7, 11) is 0. The van der Waals surface area contributed by atoms with E-state index >= 15 is 0 Å². The van der Waals surface area contributed by atoms with Crippen LogP contribution in [0.1, 0.15) is 44.6 Å². The van der Waals surface area contributed by atoms with Crippen molar-refractivity contribution in [2.75, 3.05) is 0 Å². The fraction of sp³-hybridized carbons (Fsp3) is 0.643. The smallest absolute Gasteiger partial charge is 0.0621 e. The highest BCUT2D eigenvalue weighted by atomic mass is 79.9. The van der Waals surface area contributed by atoms with Gasteiger partial charge in [-0.2, -0.15) is 0 Å². The number of hydrogen-bond acceptors (Lipinski definition) is 1. The summed E-state index contributed by atoms with van der Waals surface area (Å²) in [5.41, 5.74) is 1.63. The molecule has 0 N–H and O–H groups in total. The molecule has 1 aliphatic rings. The van der Waals surface area contributed by atoms with E-state index < -0.39 is 0 Å². The standard InChI is InChI=1S/C14H19BrClN/c1-14(6-3-2-4-7-14)13(15)9-11-5-8-17-10-12(11)16/h5,8,10,13H,2-4,6-7,9H2,1H3. The van der Waals surface area contributed by atoms with Gasteiger partial charge in [-0.25, -0.2) is 0 Å². The van der Waals surface area contributed by atoms with Crippen LogP contribution in [0.2, 0.25) is 5.02 Å². The zero-order chi connectivity index (χ0) is 12.3. The molecule has 0 radical (unpaired) electrons. The second kappa shape index (κ2) is 5.71. The van der Waals surface area contributed by atoms with Crippen LogP contribution in [0.5, 0.6) is 0 Å². The molecule has 1 heterocycles. The molecule has 1 nitrogen and oxygen atoms in total. The first-order valence-electron chi connectivity index (χ1n) is 6.34. The number of aromatic nitrogens is 1. The molecule has 1 atom stereocenters. The summed E-state index contributed by atoms with van der Waals surface area (Å²) >= 11 is 10.1. The predicted molar refractivity (Wildman–Crippen MR) is 76.9 cm³/mol. The van der Waals surface area contributed by atoms with E-state index in [0.29, 0.717) is 10.2 Å². The quantitative estimate of drug-likeness (QED) is 0.714. The first-order chi connectivity index (χ1) is 8.12. The Morgan fingerprint density at radius 2 is 2.12 bits per heavy atom. The summed E-state index contributed by atoms with van der Waals surface area (Å²) in [5.74, 6) is 0. The fourth-order valence-corrected chi connectivity index (χ4v) is 3.68. The van der Waals surface area contributed by atoms with Crippen LogP contribution in [0.15, 0.2) is 18.5 Å². The van der Waals surface area contributed by atoms with Crippen LogP contribution >= 0.6 is 27.5 Å².